The second-order valence-electron chi connectivity index (χ2n) is 8.29. The van der Waals surface area contributed by atoms with Gasteiger partial charge < -0.3 is 10.2 Å². The lowest BCUT2D eigenvalue weighted by Gasteiger charge is -2.23. The zero-order chi connectivity index (χ0) is 25.0. The minimum absolute atomic E-state index is 0.125. The standard InChI is InChI=1S/C29H30N2O4/c1-22(32)31(30-19-17-25-13-15-27(16-14-25)29(34)35)20-18-28(33)21-26-11-9-24(10-12-26)8-7-23-5-3-2-4-6-23/h2-6,9-16,28,30,33H,17-21H2,1H3,(H,34,35). The number of carboxylic acid groups (broad SMARTS) is 1. The van der Waals surface area contributed by atoms with E-state index in [4.69, 9.17) is 5.11 Å². The van der Waals surface area contributed by atoms with Crippen LogP contribution in [0.15, 0.2) is 78.9 Å². The van der Waals surface area contributed by atoms with Crippen molar-refractivity contribution in [1.29, 1.82) is 0 Å². The number of hydrogen-bond donors (Lipinski definition) is 3. The van der Waals surface area contributed by atoms with Crippen LogP contribution in [0.1, 0.15) is 46.0 Å². The van der Waals surface area contributed by atoms with Crippen LogP contribution in [0.3, 0.4) is 0 Å². The molecule has 6 nitrogen and oxygen atoms in total. The molecule has 0 saturated carbocycles. The van der Waals surface area contributed by atoms with Gasteiger partial charge in [0, 0.05) is 31.1 Å². The number of hydrazine groups is 1. The van der Waals surface area contributed by atoms with E-state index >= 15 is 0 Å². The Kier molecular flexibility index (Phi) is 9.61. The first-order valence-electron chi connectivity index (χ1n) is 11.6. The fourth-order valence-corrected chi connectivity index (χ4v) is 3.54. The van der Waals surface area contributed by atoms with Crippen LogP contribution >= 0.6 is 0 Å². The van der Waals surface area contributed by atoms with Gasteiger partial charge in [0.15, 0.2) is 0 Å². The molecule has 1 amide bonds. The molecule has 0 bridgehead atoms. The molecule has 35 heavy (non-hydrogen) atoms. The van der Waals surface area contributed by atoms with Crippen molar-refractivity contribution < 1.29 is 19.8 Å². The minimum Gasteiger partial charge on any atom is -0.478 e. The molecule has 0 saturated heterocycles. The van der Waals surface area contributed by atoms with Crippen molar-refractivity contribution in [3.63, 3.8) is 0 Å². The zero-order valence-corrected chi connectivity index (χ0v) is 19.8. The van der Waals surface area contributed by atoms with E-state index in [0.29, 0.717) is 32.4 Å². The summed E-state index contributed by atoms with van der Waals surface area (Å²) in [5.74, 6) is 5.19. The highest BCUT2D eigenvalue weighted by Crippen LogP contribution is 2.10. The second kappa shape index (κ2) is 13.1. The van der Waals surface area contributed by atoms with Crippen molar-refractivity contribution in [3.05, 3.63) is 107 Å². The summed E-state index contributed by atoms with van der Waals surface area (Å²) in [7, 11) is 0. The molecule has 0 heterocycles. The van der Waals surface area contributed by atoms with Crippen molar-refractivity contribution in [2.24, 2.45) is 0 Å². The average molecular weight is 471 g/mol. The number of benzene rings is 3. The van der Waals surface area contributed by atoms with E-state index in [-0.39, 0.29) is 11.5 Å². The van der Waals surface area contributed by atoms with Crippen LogP contribution in [0.2, 0.25) is 0 Å². The molecule has 180 valence electrons. The summed E-state index contributed by atoms with van der Waals surface area (Å²) in [4.78, 5) is 22.9. The van der Waals surface area contributed by atoms with Gasteiger partial charge in [0.05, 0.1) is 11.7 Å². The molecule has 6 heteroatoms. The third-order valence-electron chi connectivity index (χ3n) is 5.53. The summed E-state index contributed by atoms with van der Waals surface area (Å²) < 4.78 is 0. The van der Waals surface area contributed by atoms with Gasteiger partial charge in [-0.15, -0.1) is 0 Å². The number of hydrogen-bond acceptors (Lipinski definition) is 4. The molecule has 0 fully saturated rings. The van der Waals surface area contributed by atoms with Crippen LogP contribution in [-0.2, 0) is 17.6 Å². The van der Waals surface area contributed by atoms with Crippen molar-refractivity contribution in [3.8, 4) is 11.8 Å². The zero-order valence-electron chi connectivity index (χ0n) is 19.8. The normalized spacial score (nSPS) is 11.3. The maximum absolute atomic E-state index is 12.0. The molecule has 0 aliphatic heterocycles. The summed E-state index contributed by atoms with van der Waals surface area (Å²) in [6.45, 7) is 2.39. The Morgan fingerprint density at radius 1 is 0.886 bits per heavy atom. The number of aliphatic hydroxyl groups is 1. The first-order valence-corrected chi connectivity index (χ1v) is 11.6. The van der Waals surface area contributed by atoms with Gasteiger partial charge in [0.25, 0.3) is 0 Å². The molecule has 0 aliphatic carbocycles. The maximum atomic E-state index is 12.0. The van der Waals surface area contributed by atoms with E-state index < -0.39 is 12.1 Å². The van der Waals surface area contributed by atoms with Crippen molar-refractivity contribution in [1.82, 2.24) is 10.4 Å². The molecule has 1 atom stereocenters. The lowest BCUT2D eigenvalue weighted by molar-refractivity contribution is -0.132. The molecule has 3 N–H and O–H groups in total. The molecule has 3 aromatic rings. The van der Waals surface area contributed by atoms with Gasteiger partial charge in [-0.05, 0) is 66.8 Å². The Balaban J connectivity index is 1.43. The quantitative estimate of drug-likeness (QED) is 0.311. The van der Waals surface area contributed by atoms with Gasteiger partial charge in [-0.2, -0.15) is 0 Å². The number of aromatic carboxylic acids is 1. The topological polar surface area (TPSA) is 89.9 Å². The fraction of sp³-hybridized carbons (Fsp3) is 0.241. The molecule has 1 unspecified atom stereocenters. The van der Waals surface area contributed by atoms with Crippen LogP contribution in [0.25, 0.3) is 0 Å². The van der Waals surface area contributed by atoms with Crippen LogP contribution in [-0.4, -0.2) is 46.3 Å². The van der Waals surface area contributed by atoms with Crippen molar-refractivity contribution in [2.45, 2.75) is 32.3 Å². The van der Waals surface area contributed by atoms with E-state index in [1.165, 1.54) is 11.9 Å². The van der Waals surface area contributed by atoms with Gasteiger partial charge in [0.2, 0.25) is 5.91 Å². The predicted molar refractivity (Wildman–Crippen MR) is 136 cm³/mol. The number of nitrogens with zero attached hydrogens (tertiary/aromatic N) is 1. The van der Waals surface area contributed by atoms with E-state index in [9.17, 15) is 14.7 Å². The fourth-order valence-electron chi connectivity index (χ4n) is 3.54. The third-order valence-corrected chi connectivity index (χ3v) is 5.53. The maximum Gasteiger partial charge on any atom is 0.335 e. The summed E-state index contributed by atoms with van der Waals surface area (Å²) in [6, 6.07) is 24.3. The molecule has 3 aromatic carbocycles. The molecule has 3 rings (SSSR count). The molecule has 0 aromatic heterocycles. The SMILES string of the molecule is CC(=O)N(CCC(O)Cc1ccc(C#Cc2ccccc2)cc1)NCCc1ccc(C(=O)O)cc1. The second-order valence-corrected chi connectivity index (χ2v) is 8.29. The highest BCUT2D eigenvalue weighted by atomic mass is 16.4. The summed E-state index contributed by atoms with van der Waals surface area (Å²) in [5, 5.41) is 21.0. The Bertz CT molecular complexity index is 1160. The number of carbonyl (C=O) groups excluding carboxylic acids is 1. The predicted octanol–water partition coefficient (Wildman–Crippen LogP) is 3.67. The highest BCUT2D eigenvalue weighted by molar-refractivity contribution is 5.87. The summed E-state index contributed by atoms with van der Waals surface area (Å²) >= 11 is 0. The average Bonchev–Trinajstić information content (AvgIpc) is 2.86. The van der Waals surface area contributed by atoms with Gasteiger partial charge in [-0.3, -0.25) is 9.80 Å². The Labute approximate surface area is 206 Å². The first-order chi connectivity index (χ1) is 16.9. The molecule has 0 radical (unpaired) electrons. The van der Waals surface area contributed by atoms with Crippen LogP contribution < -0.4 is 5.43 Å². The monoisotopic (exact) mass is 470 g/mol. The number of carbonyl (C=O) groups is 2. The molecular weight excluding hydrogens is 440 g/mol. The molecule has 0 aliphatic rings. The Hall–Kier alpha value is -3.92. The van der Waals surface area contributed by atoms with Crippen molar-refractivity contribution >= 4 is 11.9 Å². The largest absolute Gasteiger partial charge is 0.478 e. The first kappa shape index (κ1) is 25.7. The smallest absolute Gasteiger partial charge is 0.335 e. The van der Waals surface area contributed by atoms with Crippen LogP contribution in [0.5, 0.6) is 0 Å². The number of carboxylic acids is 1. The summed E-state index contributed by atoms with van der Waals surface area (Å²) in [5.41, 5.74) is 7.21. The molecule has 0 spiro atoms. The van der Waals surface area contributed by atoms with Gasteiger partial charge in [0.1, 0.15) is 0 Å². The number of aliphatic hydroxyl groups excluding tert-OH is 1. The summed E-state index contributed by atoms with van der Waals surface area (Å²) in [6.07, 6.45) is 0.999. The Morgan fingerprint density at radius 3 is 2.09 bits per heavy atom. The lowest BCUT2D eigenvalue weighted by atomic mass is 10.0. The highest BCUT2D eigenvalue weighted by Gasteiger charge is 2.12. The van der Waals surface area contributed by atoms with Gasteiger partial charge in [-0.1, -0.05) is 54.3 Å². The number of nitrogens with one attached hydrogen (secondary N) is 1. The third kappa shape index (κ3) is 8.74. The number of rotatable bonds is 10. The minimum atomic E-state index is -0.955. The Morgan fingerprint density at radius 2 is 1.49 bits per heavy atom. The molecular formula is C29H30N2O4. The van der Waals surface area contributed by atoms with Crippen LogP contribution in [0, 0.1) is 11.8 Å². The van der Waals surface area contributed by atoms with E-state index in [1.807, 2.05) is 54.6 Å². The van der Waals surface area contributed by atoms with E-state index in [0.717, 1.165) is 22.3 Å². The van der Waals surface area contributed by atoms with Crippen molar-refractivity contribution in [2.75, 3.05) is 13.1 Å². The van der Waals surface area contributed by atoms with Crippen LogP contribution in [0.4, 0.5) is 0 Å². The van der Waals surface area contributed by atoms with Gasteiger partial charge >= 0.3 is 5.97 Å². The van der Waals surface area contributed by atoms with Gasteiger partial charge in [-0.25, -0.2) is 10.2 Å². The lowest BCUT2D eigenvalue weighted by Crippen LogP contribution is -2.44. The van der Waals surface area contributed by atoms with E-state index in [2.05, 4.69) is 17.3 Å². The number of amides is 1. The van der Waals surface area contributed by atoms with E-state index in [1.54, 1.807) is 24.3 Å².